The summed E-state index contributed by atoms with van der Waals surface area (Å²) in [6.07, 6.45) is 2.25. The Hall–Kier alpha value is -0.266. The Labute approximate surface area is 155 Å². The summed E-state index contributed by atoms with van der Waals surface area (Å²) in [6.45, 7) is 28.8. The van der Waals surface area contributed by atoms with Crippen LogP contribution in [-0.2, 0) is 0 Å². The largest absolute Gasteiger partial charge is 0.146 e. The summed E-state index contributed by atoms with van der Waals surface area (Å²) in [5.41, 5.74) is 10.8. The molecule has 0 radical (unpaired) electrons. The first-order valence-corrected chi connectivity index (χ1v) is 14.6. The van der Waals surface area contributed by atoms with Crippen LogP contribution in [0.1, 0.15) is 83.1 Å². The topological polar surface area (TPSA) is 0 Å². The van der Waals surface area contributed by atoms with Crippen molar-refractivity contribution in [2.24, 2.45) is 0 Å². The van der Waals surface area contributed by atoms with Gasteiger partial charge < -0.3 is 0 Å². The van der Waals surface area contributed by atoms with E-state index in [9.17, 15) is 0 Å². The minimum atomic E-state index is -1.60. The molecule has 0 aliphatic heterocycles. The molecule has 0 saturated heterocycles. The van der Waals surface area contributed by atoms with E-state index >= 15 is 0 Å². The van der Waals surface area contributed by atoms with Crippen LogP contribution in [0.3, 0.4) is 0 Å². The van der Waals surface area contributed by atoms with E-state index in [0.29, 0.717) is 16.6 Å². The zero-order valence-electron chi connectivity index (χ0n) is 18.6. The Morgan fingerprint density at radius 3 is 1.12 bits per heavy atom. The molecule has 0 spiro atoms. The molecule has 0 saturated carbocycles. The van der Waals surface area contributed by atoms with Crippen LogP contribution in [0.15, 0.2) is 11.8 Å². The molecule has 0 nitrogen and oxygen atoms in total. The summed E-state index contributed by atoms with van der Waals surface area (Å²) < 4.78 is 0. The van der Waals surface area contributed by atoms with Crippen molar-refractivity contribution in [3.05, 3.63) is 11.8 Å². The summed E-state index contributed by atoms with van der Waals surface area (Å²) >= 11 is 0. The molecule has 0 unspecified atom stereocenters. The Bertz CT molecular complexity index is 413. The molecule has 0 aliphatic carbocycles. The molecule has 0 fully saturated rings. The van der Waals surface area contributed by atoms with Crippen molar-refractivity contribution in [2.75, 3.05) is 0 Å². The van der Waals surface area contributed by atoms with Crippen LogP contribution in [0.2, 0.25) is 33.2 Å². The maximum Gasteiger partial charge on any atom is 0.146 e. The Kier molecular flexibility index (Phi) is 9.33. The van der Waals surface area contributed by atoms with Gasteiger partial charge in [-0.3, -0.25) is 0 Å². The van der Waals surface area contributed by atoms with Gasteiger partial charge in [0.25, 0.3) is 0 Å². The molecule has 0 amide bonds. The van der Waals surface area contributed by atoms with Crippen LogP contribution in [0, 0.1) is 11.5 Å². The normalized spacial score (nSPS) is 13.9. The van der Waals surface area contributed by atoms with E-state index in [1.807, 2.05) is 0 Å². The van der Waals surface area contributed by atoms with Crippen LogP contribution in [-0.4, -0.2) is 16.1 Å². The average Bonchev–Trinajstić information content (AvgIpc) is 2.40. The standard InChI is InChI=1S/C22H44Si2/c1-17(2)23(18(3)4,19(5)6)15-13-14-16-24(20(7)8,21(9)10)22(11)12/h13,15,17-22H,1-12H3/b15-13-. The van der Waals surface area contributed by atoms with E-state index in [4.69, 9.17) is 0 Å². The van der Waals surface area contributed by atoms with Crippen LogP contribution < -0.4 is 0 Å². The molecule has 0 aromatic rings. The zero-order valence-corrected chi connectivity index (χ0v) is 20.6. The van der Waals surface area contributed by atoms with Gasteiger partial charge in [-0.25, -0.2) is 0 Å². The van der Waals surface area contributed by atoms with Gasteiger partial charge in [-0.05, 0) is 39.3 Å². The second-order valence-electron chi connectivity index (χ2n) is 9.46. The van der Waals surface area contributed by atoms with Crippen molar-refractivity contribution in [1.29, 1.82) is 0 Å². The molecular formula is C22H44Si2. The Morgan fingerprint density at radius 2 is 0.875 bits per heavy atom. The van der Waals surface area contributed by atoms with Crippen LogP contribution in [0.4, 0.5) is 0 Å². The fourth-order valence-electron chi connectivity index (χ4n) is 5.36. The van der Waals surface area contributed by atoms with E-state index < -0.39 is 16.1 Å². The highest BCUT2D eigenvalue weighted by atomic mass is 28.3. The van der Waals surface area contributed by atoms with Gasteiger partial charge >= 0.3 is 0 Å². The lowest BCUT2D eigenvalue weighted by atomic mass is 10.5. The Balaban J connectivity index is 5.86. The maximum absolute atomic E-state index is 3.85. The predicted molar refractivity (Wildman–Crippen MR) is 119 cm³/mol. The van der Waals surface area contributed by atoms with E-state index in [1.54, 1.807) is 0 Å². The predicted octanol–water partition coefficient (Wildman–Crippen LogP) is 7.98. The average molecular weight is 365 g/mol. The Morgan fingerprint density at radius 1 is 0.542 bits per heavy atom. The quantitative estimate of drug-likeness (QED) is 0.317. The summed E-state index contributed by atoms with van der Waals surface area (Å²) in [4.78, 5) is 0. The minimum absolute atomic E-state index is 0.709. The van der Waals surface area contributed by atoms with E-state index in [-0.39, 0.29) is 0 Å². The number of hydrogen-bond donors (Lipinski definition) is 0. The summed E-state index contributed by atoms with van der Waals surface area (Å²) in [7, 11) is -3.08. The van der Waals surface area contributed by atoms with Crippen LogP contribution >= 0.6 is 0 Å². The lowest BCUT2D eigenvalue weighted by molar-refractivity contribution is 0.833. The van der Waals surface area contributed by atoms with Crippen LogP contribution in [0.25, 0.3) is 0 Å². The summed E-state index contributed by atoms with van der Waals surface area (Å²) in [5.74, 6) is 3.56. The van der Waals surface area contributed by atoms with Gasteiger partial charge in [0.15, 0.2) is 0 Å². The zero-order chi connectivity index (χ0) is 19.3. The second kappa shape index (κ2) is 9.44. The number of allylic oxidation sites excluding steroid dienone is 1. The fraction of sp³-hybridized carbons (Fsp3) is 0.818. The van der Waals surface area contributed by atoms with Crippen LogP contribution in [0.5, 0.6) is 0 Å². The smallest absolute Gasteiger partial charge is 0.126 e. The molecule has 0 rings (SSSR count). The van der Waals surface area contributed by atoms with Gasteiger partial charge in [0.05, 0.1) is 8.07 Å². The first-order valence-electron chi connectivity index (χ1n) is 10.1. The summed E-state index contributed by atoms with van der Waals surface area (Å²) in [5, 5.41) is 0. The monoisotopic (exact) mass is 364 g/mol. The van der Waals surface area contributed by atoms with Gasteiger partial charge in [-0.15, -0.1) is 5.54 Å². The molecule has 0 aliphatic rings. The van der Waals surface area contributed by atoms with Crippen molar-refractivity contribution in [3.63, 3.8) is 0 Å². The minimum Gasteiger partial charge on any atom is -0.126 e. The highest BCUT2D eigenvalue weighted by Gasteiger charge is 2.42. The number of hydrogen-bond acceptors (Lipinski definition) is 0. The SMILES string of the molecule is CC(C)[Si](C#C/C=C\[Si](C(C)C)(C(C)C)C(C)C)(C(C)C)C(C)C. The lowest BCUT2D eigenvalue weighted by Crippen LogP contribution is -2.43. The van der Waals surface area contributed by atoms with Gasteiger partial charge in [0, 0.05) is 0 Å². The van der Waals surface area contributed by atoms with Crippen molar-refractivity contribution < 1.29 is 0 Å². The number of rotatable bonds is 7. The van der Waals surface area contributed by atoms with Gasteiger partial charge in [-0.2, -0.15) is 0 Å². The maximum atomic E-state index is 3.85. The highest BCUT2D eigenvalue weighted by molar-refractivity contribution is 6.90. The third-order valence-corrected chi connectivity index (χ3v) is 19.7. The first kappa shape index (κ1) is 23.7. The summed E-state index contributed by atoms with van der Waals surface area (Å²) in [6, 6.07) is 0. The molecule has 0 N–H and O–H groups in total. The molecule has 24 heavy (non-hydrogen) atoms. The molecular weight excluding hydrogens is 320 g/mol. The first-order chi connectivity index (χ1) is 10.9. The van der Waals surface area contributed by atoms with Crippen molar-refractivity contribution >= 4 is 16.1 Å². The molecule has 0 heterocycles. The van der Waals surface area contributed by atoms with Gasteiger partial charge in [-0.1, -0.05) is 94.7 Å². The van der Waals surface area contributed by atoms with Gasteiger partial charge in [0.2, 0.25) is 0 Å². The lowest BCUT2D eigenvalue weighted by Gasteiger charge is -2.40. The van der Waals surface area contributed by atoms with Crippen molar-refractivity contribution in [3.8, 4) is 11.5 Å². The van der Waals surface area contributed by atoms with Gasteiger partial charge in [0.1, 0.15) is 8.07 Å². The molecule has 2 heteroatoms. The molecule has 0 aromatic carbocycles. The third kappa shape index (κ3) is 4.67. The van der Waals surface area contributed by atoms with E-state index in [2.05, 4.69) is 106 Å². The fourth-order valence-corrected chi connectivity index (χ4v) is 16.1. The molecule has 0 bridgehead atoms. The highest BCUT2D eigenvalue weighted by Crippen LogP contribution is 2.43. The van der Waals surface area contributed by atoms with E-state index in [0.717, 1.165) is 16.6 Å². The molecule has 0 aromatic heterocycles. The third-order valence-electron chi connectivity index (χ3n) is 6.61. The molecule has 0 atom stereocenters. The van der Waals surface area contributed by atoms with Crippen molar-refractivity contribution in [2.45, 2.75) is 116 Å². The van der Waals surface area contributed by atoms with E-state index in [1.165, 1.54) is 0 Å². The molecule has 140 valence electrons. The second-order valence-corrected chi connectivity index (χ2v) is 20.8. The van der Waals surface area contributed by atoms with Crippen molar-refractivity contribution in [1.82, 2.24) is 0 Å².